The molecule has 1 N–H and O–H groups in total. The van der Waals surface area contributed by atoms with Gasteiger partial charge in [-0.1, -0.05) is 24.0 Å². The van der Waals surface area contributed by atoms with Crippen molar-refractivity contribution < 1.29 is 13.4 Å². The number of rotatable bonds is 9. The maximum Gasteiger partial charge on any atom is 0.0717 e. The van der Waals surface area contributed by atoms with E-state index in [-0.39, 0.29) is 5.92 Å². The minimum atomic E-state index is 0.0643. The van der Waals surface area contributed by atoms with Crippen LogP contribution in [0.25, 0.3) is 0 Å². The molecule has 2 aromatic rings. The standard InChI is InChI=1S/C21H24FNO2S/c1-23-21-11-9-18(10-12-21)4-3-17-5-7-19(8-6-17)14-25-15-20(13-24-2)16-26-22/h5-12,20,23H,13-16H2,1-2H3. The summed E-state index contributed by atoms with van der Waals surface area (Å²) in [7, 11) is 3.51. The summed E-state index contributed by atoms with van der Waals surface area (Å²) in [6.07, 6.45) is 0. The molecule has 0 saturated heterocycles. The van der Waals surface area contributed by atoms with Gasteiger partial charge in [0, 0.05) is 54.8 Å². The van der Waals surface area contributed by atoms with Crippen LogP contribution in [-0.4, -0.2) is 33.1 Å². The zero-order chi connectivity index (χ0) is 18.6. The van der Waals surface area contributed by atoms with Crippen molar-refractivity contribution in [3.8, 4) is 11.8 Å². The number of hydrogen-bond acceptors (Lipinski definition) is 4. The molecule has 3 nitrogen and oxygen atoms in total. The molecule has 0 amide bonds. The number of nitrogens with one attached hydrogen (secondary N) is 1. The summed E-state index contributed by atoms with van der Waals surface area (Å²) in [5, 5.41) is 3.09. The van der Waals surface area contributed by atoms with Crippen LogP contribution in [0.2, 0.25) is 0 Å². The molecule has 138 valence electrons. The van der Waals surface area contributed by atoms with Crippen molar-refractivity contribution in [2.45, 2.75) is 6.61 Å². The summed E-state index contributed by atoms with van der Waals surface area (Å²) in [6.45, 7) is 1.48. The number of anilines is 1. The second kappa shape index (κ2) is 11.6. The molecule has 26 heavy (non-hydrogen) atoms. The Morgan fingerprint density at radius 3 is 2.15 bits per heavy atom. The van der Waals surface area contributed by atoms with Crippen molar-refractivity contribution in [3.63, 3.8) is 0 Å². The van der Waals surface area contributed by atoms with Crippen LogP contribution in [0.3, 0.4) is 0 Å². The summed E-state index contributed by atoms with van der Waals surface area (Å²) in [5.74, 6) is 6.77. The summed E-state index contributed by atoms with van der Waals surface area (Å²) >= 11 is 0.325. The minimum absolute atomic E-state index is 0.0643. The van der Waals surface area contributed by atoms with Crippen LogP contribution in [0, 0.1) is 17.8 Å². The van der Waals surface area contributed by atoms with E-state index < -0.39 is 0 Å². The second-order valence-electron chi connectivity index (χ2n) is 5.89. The number of benzene rings is 2. The molecule has 0 bridgehead atoms. The van der Waals surface area contributed by atoms with E-state index >= 15 is 0 Å². The molecule has 0 aliphatic heterocycles. The first kappa shape index (κ1) is 20.3. The molecule has 5 heteroatoms. The summed E-state index contributed by atoms with van der Waals surface area (Å²) in [4.78, 5) is 0. The Labute approximate surface area is 159 Å². The third-order valence-electron chi connectivity index (χ3n) is 3.80. The predicted molar refractivity (Wildman–Crippen MR) is 107 cm³/mol. The van der Waals surface area contributed by atoms with Gasteiger partial charge in [0.25, 0.3) is 0 Å². The van der Waals surface area contributed by atoms with Gasteiger partial charge in [0.15, 0.2) is 0 Å². The van der Waals surface area contributed by atoms with Crippen molar-refractivity contribution in [1.29, 1.82) is 0 Å². The molecule has 2 aromatic carbocycles. The molecule has 2 rings (SSSR count). The molecule has 0 spiro atoms. The highest BCUT2D eigenvalue weighted by atomic mass is 32.2. The normalized spacial score (nSPS) is 11.5. The molecule has 0 aromatic heterocycles. The highest BCUT2D eigenvalue weighted by molar-refractivity contribution is 7.94. The van der Waals surface area contributed by atoms with Crippen LogP contribution >= 0.6 is 12.1 Å². The molecule has 0 fully saturated rings. The zero-order valence-corrected chi connectivity index (χ0v) is 15.9. The molecule has 0 aliphatic carbocycles. The van der Waals surface area contributed by atoms with Crippen molar-refractivity contribution in [2.75, 3.05) is 38.4 Å². The largest absolute Gasteiger partial charge is 0.388 e. The molecule has 0 saturated carbocycles. The van der Waals surface area contributed by atoms with E-state index in [9.17, 15) is 3.89 Å². The van der Waals surface area contributed by atoms with Gasteiger partial charge in [-0.25, -0.2) is 0 Å². The van der Waals surface area contributed by atoms with Crippen LogP contribution in [0.4, 0.5) is 9.57 Å². The van der Waals surface area contributed by atoms with E-state index in [4.69, 9.17) is 9.47 Å². The second-order valence-corrected chi connectivity index (χ2v) is 6.44. The van der Waals surface area contributed by atoms with E-state index in [1.165, 1.54) is 0 Å². The van der Waals surface area contributed by atoms with Crippen molar-refractivity contribution in [3.05, 3.63) is 65.2 Å². The predicted octanol–water partition coefficient (Wildman–Crippen LogP) is 4.53. The zero-order valence-electron chi connectivity index (χ0n) is 15.1. The fraction of sp³-hybridized carbons (Fsp3) is 0.333. The summed E-state index contributed by atoms with van der Waals surface area (Å²) < 4.78 is 23.1. The fourth-order valence-electron chi connectivity index (χ4n) is 2.36. The Balaban J connectivity index is 1.85. The Kier molecular flexibility index (Phi) is 9.05. The maximum atomic E-state index is 12.4. The van der Waals surface area contributed by atoms with Crippen LogP contribution < -0.4 is 5.32 Å². The van der Waals surface area contributed by atoms with Gasteiger partial charge in [-0.3, -0.25) is 0 Å². The average molecular weight is 373 g/mol. The van der Waals surface area contributed by atoms with Crippen LogP contribution in [-0.2, 0) is 16.1 Å². The lowest BCUT2D eigenvalue weighted by Gasteiger charge is -2.13. The molecule has 0 heterocycles. The highest BCUT2D eigenvalue weighted by Gasteiger charge is 2.09. The number of halogens is 1. The van der Waals surface area contributed by atoms with Crippen molar-refractivity contribution in [2.24, 2.45) is 5.92 Å². The molecule has 1 atom stereocenters. The molecular weight excluding hydrogens is 349 g/mol. The van der Waals surface area contributed by atoms with Gasteiger partial charge >= 0.3 is 0 Å². The van der Waals surface area contributed by atoms with E-state index in [0.717, 1.165) is 22.4 Å². The Hall–Kier alpha value is -2.00. The topological polar surface area (TPSA) is 30.5 Å². The quantitative estimate of drug-likeness (QED) is 0.655. The third-order valence-corrected chi connectivity index (χ3v) is 4.40. The highest BCUT2D eigenvalue weighted by Crippen LogP contribution is 2.12. The summed E-state index contributed by atoms with van der Waals surface area (Å²) in [6, 6.07) is 16.0. The van der Waals surface area contributed by atoms with Gasteiger partial charge < -0.3 is 14.8 Å². The molecule has 0 radical (unpaired) electrons. The monoisotopic (exact) mass is 373 g/mol. The van der Waals surface area contributed by atoms with Gasteiger partial charge in [-0.05, 0) is 42.0 Å². The van der Waals surface area contributed by atoms with E-state index in [1.807, 2.05) is 55.6 Å². The molecule has 0 aliphatic rings. The van der Waals surface area contributed by atoms with Crippen LogP contribution in [0.1, 0.15) is 16.7 Å². The maximum absolute atomic E-state index is 12.4. The first-order valence-corrected chi connectivity index (χ1v) is 9.32. The number of ether oxygens (including phenoxy) is 2. The lowest BCUT2D eigenvalue weighted by molar-refractivity contribution is 0.0577. The third kappa shape index (κ3) is 7.09. The smallest absolute Gasteiger partial charge is 0.0717 e. The Morgan fingerprint density at radius 2 is 1.62 bits per heavy atom. The molecular formula is C21H24FNO2S. The van der Waals surface area contributed by atoms with Gasteiger partial charge in [0.2, 0.25) is 0 Å². The van der Waals surface area contributed by atoms with E-state index in [1.54, 1.807) is 7.11 Å². The first-order chi connectivity index (χ1) is 12.7. The van der Waals surface area contributed by atoms with Gasteiger partial charge in [0.1, 0.15) is 0 Å². The average Bonchev–Trinajstić information content (AvgIpc) is 2.68. The summed E-state index contributed by atoms with van der Waals surface area (Å²) in [5.41, 5.74) is 4.07. The van der Waals surface area contributed by atoms with E-state index in [2.05, 4.69) is 17.2 Å². The van der Waals surface area contributed by atoms with Gasteiger partial charge in [-0.15, -0.1) is 0 Å². The lowest BCUT2D eigenvalue weighted by Crippen LogP contribution is -2.17. The van der Waals surface area contributed by atoms with Crippen LogP contribution in [0.15, 0.2) is 48.5 Å². The Morgan fingerprint density at radius 1 is 1.00 bits per heavy atom. The minimum Gasteiger partial charge on any atom is -0.388 e. The molecule has 1 unspecified atom stereocenters. The van der Waals surface area contributed by atoms with Crippen molar-refractivity contribution in [1.82, 2.24) is 0 Å². The SMILES string of the molecule is CNc1ccc(C#Cc2ccc(COCC(COC)CSF)cc2)cc1. The van der Waals surface area contributed by atoms with Gasteiger partial charge in [0.05, 0.1) is 19.8 Å². The Bertz CT molecular complexity index is 702. The van der Waals surface area contributed by atoms with Gasteiger partial charge in [-0.2, -0.15) is 3.89 Å². The number of hydrogen-bond donors (Lipinski definition) is 1. The fourth-order valence-corrected chi connectivity index (χ4v) is 2.73. The van der Waals surface area contributed by atoms with Crippen LogP contribution in [0.5, 0.6) is 0 Å². The first-order valence-electron chi connectivity index (χ1n) is 8.44. The van der Waals surface area contributed by atoms with Crippen molar-refractivity contribution >= 4 is 17.8 Å². The van der Waals surface area contributed by atoms with E-state index in [0.29, 0.717) is 37.7 Å². The number of methoxy groups -OCH3 is 1. The lowest BCUT2D eigenvalue weighted by atomic mass is 10.1.